The third-order valence-corrected chi connectivity index (χ3v) is 8.22. The standard InChI is InChI=1S/C17H23NO3.C13H23NOSi.C8H12O3/c1-3-12-21-17(16(19)20-4-2)10-11-18(14-17)13-15-8-6-5-7-9-15;1-15-11-14(12-16(2,3)4)10-13-8-6-5-7-9-13;1-4-6-11-7(3)8(9)10-5-2/h3,5-9H,1,4,10-14H2,2H3;5-9H,10-12H2,1-4H3;4H,1,3,5-6H2,2H3. The van der Waals surface area contributed by atoms with E-state index >= 15 is 0 Å². The summed E-state index contributed by atoms with van der Waals surface area (Å²) >= 11 is 0. The molecule has 2 aromatic carbocycles. The molecular weight excluding hydrogens is 625 g/mol. The minimum atomic E-state index is -1.07. The number of likely N-dealkylation sites (tertiary alicyclic amines) is 1. The van der Waals surface area contributed by atoms with Crippen LogP contribution in [0, 0.1) is 0 Å². The van der Waals surface area contributed by atoms with Gasteiger partial charge in [0.05, 0.1) is 34.6 Å². The molecule has 0 amide bonds. The van der Waals surface area contributed by atoms with Crippen molar-refractivity contribution < 1.29 is 33.3 Å². The molecule has 1 saturated heterocycles. The topological polar surface area (TPSA) is 86.8 Å². The van der Waals surface area contributed by atoms with Crippen LogP contribution >= 0.6 is 0 Å². The summed E-state index contributed by atoms with van der Waals surface area (Å²) in [5, 5.41) is 0. The molecule has 266 valence electrons. The molecule has 1 unspecified atom stereocenters. The van der Waals surface area contributed by atoms with Crippen LogP contribution in [0.4, 0.5) is 0 Å². The lowest BCUT2D eigenvalue weighted by atomic mass is 10.0. The van der Waals surface area contributed by atoms with Crippen LogP contribution < -0.4 is 0 Å². The third kappa shape index (κ3) is 17.6. The maximum atomic E-state index is 12.3. The molecule has 1 aliphatic heterocycles. The van der Waals surface area contributed by atoms with Crippen molar-refractivity contribution in [3.8, 4) is 0 Å². The molecule has 48 heavy (non-hydrogen) atoms. The Morgan fingerprint density at radius 1 is 0.896 bits per heavy atom. The van der Waals surface area contributed by atoms with E-state index in [2.05, 4.69) is 96.4 Å². The lowest BCUT2D eigenvalue weighted by molar-refractivity contribution is -0.169. The van der Waals surface area contributed by atoms with Crippen molar-refractivity contribution in [3.63, 3.8) is 0 Å². The Bertz CT molecular complexity index is 1220. The van der Waals surface area contributed by atoms with E-state index < -0.39 is 19.6 Å². The maximum absolute atomic E-state index is 12.3. The molecule has 0 aliphatic carbocycles. The Morgan fingerprint density at radius 2 is 1.48 bits per heavy atom. The number of carbonyl (C=O) groups is 2. The summed E-state index contributed by atoms with van der Waals surface area (Å²) in [7, 11) is 0.701. The number of carbonyl (C=O) groups excluding carboxylic acids is 2. The van der Waals surface area contributed by atoms with Crippen molar-refractivity contribution in [2.24, 2.45) is 0 Å². The summed E-state index contributed by atoms with van der Waals surface area (Å²) in [4.78, 5) is 27.7. The fourth-order valence-corrected chi connectivity index (χ4v) is 6.48. The first-order valence-electron chi connectivity index (χ1n) is 16.5. The Labute approximate surface area is 290 Å². The van der Waals surface area contributed by atoms with Gasteiger partial charge >= 0.3 is 11.9 Å². The van der Waals surface area contributed by atoms with Crippen LogP contribution in [0.3, 0.4) is 0 Å². The number of hydrogen-bond acceptors (Lipinski definition) is 9. The first kappa shape index (κ1) is 42.5. The molecule has 9 nitrogen and oxygen atoms in total. The molecule has 1 atom stereocenters. The van der Waals surface area contributed by atoms with Gasteiger partial charge in [0.2, 0.25) is 0 Å². The molecular formula is C38H58N2O7Si. The fraction of sp³-hybridized carbons (Fsp3) is 0.474. The largest absolute Gasteiger partial charge is 0.483 e. The van der Waals surface area contributed by atoms with E-state index in [0.29, 0.717) is 32.8 Å². The summed E-state index contributed by atoms with van der Waals surface area (Å²) in [5.74, 6) is -0.761. The molecule has 0 saturated carbocycles. The van der Waals surface area contributed by atoms with Crippen LogP contribution in [0.25, 0.3) is 0 Å². The second-order valence-corrected chi connectivity index (χ2v) is 17.9. The number of esters is 2. The lowest BCUT2D eigenvalue weighted by Crippen LogP contribution is -2.45. The average Bonchev–Trinajstić information content (AvgIpc) is 3.47. The summed E-state index contributed by atoms with van der Waals surface area (Å²) < 4.78 is 25.7. The van der Waals surface area contributed by atoms with Crippen LogP contribution in [0.1, 0.15) is 31.4 Å². The zero-order valence-electron chi connectivity index (χ0n) is 30.1. The molecule has 0 N–H and O–H groups in total. The smallest absolute Gasteiger partial charge is 0.372 e. The van der Waals surface area contributed by atoms with Gasteiger partial charge in [-0.1, -0.05) is 99.0 Å². The first-order valence-corrected chi connectivity index (χ1v) is 20.2. The Morgan fingerprint density at radius 3 is 2.00 bits per heavy atom. The van der Waals surface area contributed by atoms with Crippen molar-refractivity contribution in [1.82, 2.24) is 9.80 Å². The fourth-order valence-electron chi connectivity index (χ4n) is 4.93. The van der Waals surface area contributed by atoms with Crippen molar-refractivity contribution in [2.75, 3.05) is 59.5 Å². The molecule has 2 aromatic rings. The van der Waals surface area contributed by atoms with E-state index in [4.69, 9.17) is 18.9 Å². The highest BCUT2D eigenvalue weighted by Crippen LogP contribution is 2.28. The Hall–Kier alpha value is -3.54. The molecule has 0 bridgehead atoms. The average molecular weight is 683 g/mol. The predicted molar refractivity (Wildman–Crippen MR) is 196 cm³/mol. The number of methoxy groups -OCH3 is 1. The number of hydrogen-bond donors (Lipinski definition) is 0. The van der Waals surface area contributed by atoms with Crippen molar-refractivity contribution >= 4 is 20.0 Å². The highest BCUT2D eigenvalue weighted by atomic mass is 28.3. The predicted octanol–water partition coefficient (Wildman–Crippen LogP) is 6.63. The van der Waals surface area contributed by atoms with Crippen LogP contribution in [0.15, 0.2) is 98.3 Å². The van der Waals surface area contributed by atoms with E-state index in [1.807, 2.05) is 25.1 Å². The van der Waals surface area contributed by atoms with Crippen molar-refractivity contribution in [3.05, 3.63) is 109 Å². The molecule has 0 aromatic heterocycles. The van der Waals surface area contributed by atoms with Gasteiger partial charge in [0.15, 0.2) is 11.4 Å². The Kier molecular flexibility index (Phi) is 21.0. The van der Waals surface area contributed by atoms with Gasteiger partial charge in [-0.25, -0.2) is 9.59 Å². The van der Waals surface area contributed by atoms with E-state index in [-0.39, 0.29) is 18.3 Å². The quantitative estimate of drug-likeness (QED) is 0.0429. The van der Waals surface area contributed by atoms with Crippen molar-refractivity contribution in [1.29, 1.82) is 0 Å². The summed E-state index contributed by atoms with van der Waals surface area (Å²) in [6.07, 6.45) is 5.04. The monoisotopic (exact) mass is 682 g/mol. The molecule has 3 rings (SSSR count). The Balaban J connectivity index is 0.000000380. The summed E-state index contributed by atoms with van der Waals surface area (Å²) in [6, 6.07) is 20.8. The van der Waals surface area contributed by atoms with Gasteiger partial charge in [0, 0.05) is 39.7 Å². The lowest BCUT2D eigenvalue weighted by Gasteiger charge is -2.28. The number of benzene rings is 2. The van der Waals surface area contributed by atoms with Gasteiger partial charge < -0.3 is 23.7 Å². The zero-order chi connectivity index (χ0) is 35.8. The molecule has 0 radical (unpaired) electrons. The van der Waals surface area contributed by atoms with Crippen molar-refractivity contribution in [2.45, 2.75) is 58.6 Å². The van der Waals surface area contributed by atoms with E-state index in [0.717, 1.165) is 26.4 Å². The van der Waals surface area contributed by atoms with Crippen LogP contribution in [-0.2, 0) is 46.4 Å². The summed E-state index contributed by atoms with van der Waals surface area (Å²) in [6.45, 7) is 26.4. The normalized spacial score (nSPS) is 15.6. The molecule has 1 heterocycles. The van der Waals surface area contributed by atoms with Gasteiger partial charge in [0.1, 0.15) is 6.61 Å². The SMILES string of the molecule is C=CCOC(=C)C(=O)OCC.C=CCOC1(C(=O)OCC)CCN(Cc2ccccc2)C1.COCN(Cc1ccccc1)C[Si](C)(C)C. The van der Waals surface area contributed by atoms with Gasteiger partial charge in [-0.05, 0) is 37.7 Å². The number of rotatable bonds is 18. The number of ether oxygens (including phenoxy) is 5. The van der Waals surface area contributed by atoms with E-state index in [9.17, 15) is 9.59 Å². The molecule has 10 heteroatoms. The van der Waals surface area contributed by atoms with Crippen LogP contribution in [0.2, 0.25) is 19.6 Å². The highest BCUT2D eigenvalue weighted by Gasteiger charge is 2.46. The minimum absolute atomic E-state index is 0.0201. The van der Waals surface area contributed by atoms with Gasteiger partial charge in [-0.15, -0.1) is 6.58 Å². The third-order valence-electron chi connectivity index (χ3n) is 6.82. The maximum Gasteiger partial charge on any atom is 0.372 e. The van der Waals surface area contributed by atoms with Gasteiger partial charge in [-0.2, -0.15) is 0 Å². The second-order valence-electron chi connectivity index (χ2n) is 12.5. The van der Waals surface area contributed by atoms with Gasteiger partial charge in [0.25, 0.3) is 0 Å². The van der Waals surface area contributed by atoms with E-state index in [1.54, 1.807) is 20.1 Å². The first-order chi connectivity index (χ1) is 22.9. The van der Waals surface area contributed by atoms with Crippen LogP contribution in [0.5, 0.6) is 0 Å². The summed E-state index contributed by atoms with van der Waals surface area (Å²) in [5.41, 5.74) is 1.75. The van der Waals surface area contributed by atoms with Gasteiger partial charge in [-0.3, -0.25) is 9.80 Å². The number of nitrogens with zero attached hydrogens (tertiary/aromatic N) is 2. The van der Waals surface area contributed by atoms with E-state index in [1.165, 1.54) is 23.4 Å². The molecule has 1 fully saturated rings. The zero-order valence-corrected chi connectivity index (χ0v) is 31.1. The minimum Gasteiger partial charge on any atom is -0.483 e. The highest BCUT2D eigenvalue weighted by molar-refractivity contribution is 6.76. The second kappa shape index (κ2) is 23.7. The van der Waals surface area contributed by atoms with Crippen LogP contribution in [-0.4, -0.2) is 94.9 Å². The molecule has 0 spiro atoms. The molecule has 1 aliphatic rings.